The Hall–Kier alpha value is -0.950. The van der Waals surface area contributed by atoms with Crippen LogP contribution in [0.4, 0.5) is 0 Å². The summed E-state index contributed by atoms with van der Waals surface area (Å²) in [5.74, 6) is 0.0205. The number of ether oxygens (including phenoxy) is 1. The Morgan fingerprint density at radius 1 is 1.39 bits per heavy atom. The molecule has 0 spiro atoms. The van der Waals surface area contributed by atoms with Gasteiger partial charge in [-0.3, -0.25) is 0 Å². The average Bonchev–Trinajstić information content (AvgIpc) is 2.39. The van der Waals surface area contributed by atoms with Gasteiger partial charge < -0.3 is 15.6 Å². The highest BCUT2D eigenvalue weighted by Crippen LogP contribution is 2.38. The van der Waals surface area contributed by atoms with E-state index in [9.17, 15) is 8.42 Å². The summed E-state index contributed by atoms with van der Waals surface area (Å²) in [4.78, 5) is 0.291. The monoisotopic (exact) mass is 271 g/mol. The highest BCUT2D eigenvalue weighted by molar-refractivity contribution is 7.91. The Kier molecular flexibility index (Phi) is 3.72. The second-order valence-corrected chi connectivity index (χ2v) is 6.41. The number of benzene rings is 1. The molecule has 0 aromatic heterocycles. The van der Waals surface area contributed by atoms with Gasteiger partial charge in [0.05, 0.1) is 23.9 Å². The molecular weight excluding hydrogens is 254 g/mol. The normalized spacial score (nSPS) is 25.7. The number of sulfone groups is 1. The Bertz CT molecular complexity index is 529. The molecule has 5 nitrogen and oxygen atoms in total. The maximum atomic E-state index is 12.0. The minimum atomic E-state index is -3.25. The predicted molar refractivity (Wildman–Crippen MR) is 66.9 cm³/mol. The van der Waals surface area contributed by atoms with Gasteiger partial charge in [0.2, 0.25) is 0 Å². The van der Waals surface area contributed by atoms with Crippen LogP contribution in [-0.2, 0) is 20.2 Å². The summed E-state index contributed by atoms with van der Waals surface area (Å²) >= 11 is 0. The van der Waals surface area contributed by atoms with Gasteiger partial charge in [-0.15, -0.1) is 0 Å². The molecule has 0 saturated carbocycles. The Morgan fingerprint density at radius 3 is 2.78 bits per heavy atom. The van der Waals surface area contributed by atoms with Crippen molar-refractivity contribution in [1.82, 2.24) is 0 Å². The van der Waals surface area contributed by atoms with Gasteiger partial charge in [0.25, 0.3) is 0 Å². The molecule has 0 bridgehead atoms. The third-order valence-corrected chi connectivity index (χ3v) is 5.05. The number of aliphatic hydroxyl groups is 1. The number of hydrogen-bond donors (Lipinski definition) is 2. The van der Waals surface area contributed by atoms with Crippen LogP contribution >= 0.6 is 0 Å². The topological polar surface area (TPSA) is 89.6 Å². The molecule has 0 aliphatic carbocycles. The summed E-state index contributed by atoms with van der Waals surface area (Å²) < 4.78 is 29.7. The summed E-state index contributed by atoms with van der Waals surface area (Å²) in [6, 6.07) is 6.77. The smallest absolute Gasteiger partial charge is 0.178 e. The van der Waals surface area contributed by atoms with Crippen LogP contribution in [-0.4, -0.2) is 39.0 Å². The second-order valence-electron chi connectivity index (χ2n) is 4.34. The Morgan fingerprint density at radius 2 is 2.11 bits per heavy atom. The van der Waals surface area contributed by atoms with Crippen molar-refractivity contribution in [3.8, 4) is 0 Å². The summed E-state index contributed by atoms with van der Waals surface area (Å²) in [6.07, 6.45) is 0.322. The van der Waals surface area contributed by atoms with E-state index in [-0.39, 0.29) is 25.5 Å². The molecule has 1 aliphatic rings. The molecule has 0 amide bonds. The highest BCUT2D eigenvalue weighted by Gasteiger charge is 2.41. The molecule has 100 valence electrons. The molecule has 1 aromatic rings. The van der Waals surface area contributed by atoms with E-state index in [4.69, 9.17) is 15.6 Å². The summed E-state index contributed by atoms with van der Waals surface area (Å²) in [5.41, 5.74) is 5.58. The van der Waals surface area contributed by atoms with E-state index < -0.39 is 15.4 Å². The van der Waals surface area contributed by atoms with E-state index in [1.54, 1.807) is 24.3 Å². The zero-order valence-electron chi connectivity index (χ0n) is 10.0. The first-order valence-corrected chi connectivity index (χ1v) is 7.48. The molecular formula is C12H17NO4S. The Balaban J connectivity index is 2.52. The fraction of sp³-hybridized carbons (Fsp3) is 0.500. The van der Waals surface area contributed by atoms with E-state index in [1.165, 1.54) is 0 Å². The van der Waals surface area contributed by atoms with Crippen molar-refractivity contribution in [2.45, 2.75) is 16.9 Å². The quantitative estimate of drug-likeness (QED) is 0.806. The van der Waals surface area contributed by atoms with E-state index in [0.29, 0.717) is 16.9 Å². The largest absolute Gasteiger partial charge is 0.394 e. The molecule has 2 rings (SSSR count). The number of rotatable bonds is 4. The van der Waals surface area contributed by atoms with Crippen LogP contribution < -0.4 is 5.73 Å². The van der Waals surface area contributed by atoms with E-state index in [2.05, 4.69) is 0 Å². The van der Waals surface area contributed by atoms with E-state index in [0.717, 1.165) is 0 Å². The Labute approximate surface area is 106 Å². The fourth-order valence-electron chi connectivity index (χ4n) is 2.32. The number of nitrogens with two attached hydrogens (primary N) is 1. The van der Waals surface area contributed by atoms with Gasteiger partial charge in [-0.05, 0) is 12.5 Å². The van der Waals surface area contributed by atoms with Crippen LogP contribution in [0.25, 0.3) is 0 Å². The molecule has 0 fully saturated rings. The van der Waals surface area contributed by atoms with Crippen molar-refractivity contribution in [3.05, 3.63) is 29.8 Å². The zero-order valence-corrected chi connectivity index (χ0v) is 10.8. The number of hydrogen-bond acceptors (Lipinski definition) is 5. The summed E-state index contributed by atoms with van der Waals surface area (Å²) in [7, 11) is -3.25. The molecule has 1 aromatic carbocycles. The van der Waals surface area contributed by atoms with Gasteiger partial charge in [-0.1, -0.05) is 18.2 Å². The third-order valence-electron chi connectivity index (χ3n) is 3.29. The van der Waals surface area contributed by atoms with Gasteiger partial charge in [0.1, 0.15) is 5.60 Å². The van der Waals surface area contributed by atoms with Crippen molar-refractivity contribution in [3.63, 3.8) is 0 Å². The lowest BCUT2D eigenvalue weighted by atomic mass is 9.90. The first-order chi connectivity index (χ1) is 8.56. The van der Waals surface area contributed by atoms with Gasteiger partial charge in [0, 0.05) is 12.1 Å². The molecule has 1 heterocycles. The van der Waals surface area contributed by atoms with Gasteiger partial charge >= 0.3 is 0 Å². The maximum Gasteiger partial charge on any atom is 0.178 e. The van der Waals surface area contributed by atoms with Crippen LogP contribution in [0.2, 0.25) is 0 Å². The van der Waals surface area contributed by atoms with Crippen LogP contribution in [0.3, 0.4) is 0 Å². The van der Waals surface area contributed by atoms with E-state index >= 15 is 0 Å². The summed E-state index contributed by atoms with van der Waals surface area (Å²) in [5, 5.41) is 8.87. The highest BCUT2D eigenvalue weighted by atomic mass is 32.2. The number of fused-ring (bicyclic) bond motifs is 1. The molecule has 1 unspecified atom stereocenters. The standard InChI is InChI=1S/C12H17NO4S/c13-9-12(17-7-6-14)5-8-18(15,16)11-4-2-1-3-10(11)12/h1-4,14H,5-9,13H2. The molecule has 0 saturated heterocycles. The van der Waals surface area contributed by atoms with Crippen molar-refractivity contribution in [1.29, 1.82) is 0 Å². The summed E-state index contributed by atoms with van der Waals surface area (Å²) in [6.45, 7) is 0.224. The maximum absolute atomic E-state index is 12.0. The van der Waals surface area contributed by atoms with Crippen molar-refractivity contribution in [2.75, 3.05) is 25.5 Å². The van der Waals surface area contributed by atoms with Crippen molar-refractivity contribution in [2.24, 2.45) is 5.73 Å². The lowest BCUT2D eigenvalue weighted by Crippen LogP contribution is -2.44. The van der Waals surface area contributed by atoms with Gasteiger partial charge in [-0.2, -0.15) is 0 Å². The van der Waals surface area contributed by atoms with Crippen LogP contribution in [0.1, 0.15) is 12.0 Å². The van der Waals surface area contributed by atoms with E-state index in [1.807, 2.05) is 0 Å². The second kappa shape index (κ2) is 4.97. The van der Waals surface area contributed by atoms with Gasteiger partial charge in [-0.25, -0.2) is 8.42 Å². The van der Waals surface area contributed by atoms with Crippen LogP contribution in [0.15, 0.2) is 29.2 Å². The number of aliphatic hydroxyl groups excluding tert-OH is 1. The SMILES string of the molecule is NCC1(OCCO)CCS(=O)(=O)c2ccccc21. The molecule has 3 N–H and O–H groups in total. The predicted octanol–water partition coefficient (Wildman–Crippen LogP) is 0.0269. The lowest BCUT2D eigenvalue weighted by molar-refractivity contribution is -0.0621. The van der Waals surface area contributed by atoms with Crippen molar-refractivity contribution < 1.29 is 18.3 Å². The van der Waals surface area contributed by atoms with Crippen LogP contribution in [0.5, 0.6) is 0 Å². The third kappa shape index (κ3) is 2.16. The van der Waals surface area contributed by atoms with Crippen LogP contribution in [0, 0.1) is 0 Å². The fourth-order valence-corrected chi connectivity index (χ4v) is 4.01. The van der Waals surface area contributed by atoms with Crippen molar-refractivity contribution >= 4 is 9.84 Å². The molecule has 1 atom stereocenters. The average molecular weight is 271 g/mol. The first-order valence-electron chi connectivity index (χ1n) is 5.83. The lowest BCUT2D eigenvalue weighted by Gasteiger charge is -2.37. The zero-order chi connectivity index (χ0) is 13.2. The first kappa shape index (κ1) is 13.5. The van der Waals surface area contributed by atoms with Gasteiger partial charge in [0.15, 0.2) is 9.84 Å². The minimum absolute atomic E-state index is 0.0205. The molecule has 1 aliphatic heterocycles. The minimum Gasteiger partial charge on any atom is -0.394 e. The molecule has 6 heteroatoms. The molecule has 0 radical (unpaired) electrons. The molecule has 18 heavy (non-hydrogen) atoms.